The van der Waals surface area contributed by atoms with E-state index in [9.17, 15) is 19.2 Å². The molecule has 4 rings (SSSR count). The van der Waals surface area contributed by atoms with Gasteiger partial charge in [0.2, 0.25) is 5.91 Å². The third-order valence-corrected chi connectivity index (χ3v) is 8.28. The summed E-state index contributed by atoms with van der Waals surface area (Å²) in [4.78, 5) is 64.8. The number of halogens is 2. The largest absolute Gasteiger partial charge is 0.346 e. The van der Waals surface area contributed by atoms with E-state index in [1.807, 2.05) is 14.0 Å². The van der Waals surface area contributed by atoms with Crippen LogP contribution in [0.5, 0.6) is 0 Å². The van der Waals surface area contributed by atoms with Gasteiger partial charge in [0.15, 0.2) is 5.01 Å². The second kappa shape index (κ2) is 13.5. The molecule has 3 N–H and O–H groups in total. The Morgan fingerprint density at radius 3 is 2.62 bits per heavy atom. The van der Waals surface area contributed by atoms with E-state index in [0.29, 0.717) is 35.8 Å². The van der Waals surface area contributed by atoms with Crippen molar-refractivity contribution in [2.75, 3.05) is 32.5 Å². The number of fused-ring (bicyclic) bond motifs is 1. The number of thiazole rings is 1. The Balaban J connectivity index is 0.00000420. The normalized spacial score (nSPS) is 20.7. The molecule has 0 saturated heterocycles. The van der Waals surface area contributed by atoms with Crippen molar-refractivity contribution in [2.24, 2.45) is 5.92 Å². The monoisotopic (exact) mass is 597 g/mol. The van der Waals surface area contributed by atoms with Crippen molar-refractivity contribution < 1.29 is 19.2 Å². The number of likely N-dealkylation sites (N-methyl/N-ethyl adjacent to an activating group) is 1. The quantitative estimate of drug-likeness (QED) is 0.434. The van der Waals surface area contributed by atoms with Crippen LogP contribution in [0.1, 0.15) is 46.6 Å². The summed E-state index contributed by atoms with van der Waals surface area (Å²) in [5.74, 6) is -2.20. The minimum Gasteiger partial charge on any atom is -0.346 e. The fourth-order valence-electron chi connectivity index (χ4n) is 4.70. The summed E-state index contributed by atoms with van der Waals surface area (Å²) in [6, 6.07) is 1.95. The van der Waals surface area contributed by atoms with Crippen LogP contribution < -0.4 is 16.0 Å². The highest BCUT2D eigenvalue weighted by Gasteiger charge is 2.38. The van der Waals surface area contributed by atoms with Crippen LogP contribution in [0.4, 0.5) is 5.82 Å². The fraction of sp³-hybridized carbons (Fsp3) is 0.520. The summed E-state index contributed by atoms with van der Waals surface area (Å²) in [6.45, 7) is 4.11. The highest BCUT2D eigenvalue weighted by Crippen LogP contribution is 2.28. The van der Waals surface area contributed by atoms with Crippen LogP contribution in [0.3, 0.4) is 0 Å². The highest BCUT2D eigenvalue weighted by atomic mass is 35.5. The maximum Gasteiger partial charge on any atom is 0.314 e. The predicted octanol–water partition coefficient (Wildman–Crippen LogP) is 2.10. The Morgan fingerprint density at radius 1 is 1.15 bits per heavy atom. The van der Waals surface area contributed by atoms with Gasteiger partial charge in [-0.3, -0.25) is 19.2 Å². The zero-order chi connectivity index (χ0) is 27.4. The first-order valence-corrected chi connectivity index (χ1v) is 13.8. The molecule has 0 aromatic carbocycles. The number of nitrogens with zero attached hydrogens (tertiary/aromatic N) is 4. The number of rotatable bonds is 6. The Hall–Kier alpha value is -2.80. The van der Waals surface area contributed by atoms with Crippen molar-refractivity contribution in [2.45, 2.75) is 51.2 Å². The van der Waals surface area contributed by atoms with Gasteiger partial charge in [0, 0.05) is 56.1 Å². The van der Waals surface area contributed by atoms with E-state index in [2.05, 4.69) is 30.8 Å². The molecule has 0 unspecified atom stereocenters. The number of aromatic nitrogens is 2. The second-order valence-electron chi connectivity index (χ2n) is 9.71. The van der Waals surface area contributed by atoms with Crippen LogP contribution in [-0.2, 0) is 27.3 Å². The SMILES string of the molecule is CCN(C)C(=O)[C@H]1CC[C@H](NC(=O)C(=O)Nc2ccc(Cl)cn2)[C@H](NC(=O)c2nc3c(s2)CN(C)CC3)C1.Cl. The average molecular weight is 599 g/mol. The number of carbonyl (C=O) groups is 4. The van der Waals surface area contributed by atoms with Crippen LogP contribution >= 0.6 is 35.3 Å². The number of pyridine rings is 1. The van der Waals surface area contributed by atoms with Gasteiger partial charge in [-0.25, -0.2) is 9.97 Å². The molecule has 1 saturated carbocycles. The van der Waals surface area contributed by atoms with Crippen molar-refractivity contribution in [3.63, 3.8) is 0 Å². The summed E-state index contributed by atoms with van der Waals surface area (Å²) < 4.78 is 0. The summed E-state index contributed by atoms with van der Waals surface area (Å²) >= 11 is 7.18. The molecule has 0 spiro atoms. The first kappa shape index (κ1) is 30.7. The van der Waals surface area contributed by atoms with Gasteiger partial charge in [-0.2, -0.15) is 0 Å². The van der Waals surface area contributed by atoms with Crippen LogP contribution in [0, 0.1) is 5.92 Å². The first-order chi connectivity index (χ1) is 18.1. The standard InChI is InChI=1S/C25H32ClN7O4S.ClH/c1-4-33(3)25(37)14-5-7-16(28-21(34)22(35)31-20-8-6-15(26)12-27-20)18(11-14)29-23(36)24-30-17-9-10-32(2)13-19(17)38-24;/h6,8,12,14,16,18H,4-5,7,9-11,13H2,1-3H3,(H,28,34)(H,29,36)(H,27,31,35);1H/t14-,16-,18+;/m0./s1. The highest BCUT2D eigenvalue weighted by molar-refractivity contribution is 7.13. The molecule has 2 aliphatic rings. The van der Waals surface area contributed by atoms with Gasteiger partial charge >= 0.3 is 11.8 Å². The molecule has 14 heteroatoms. The molecule has 11 nitrogen and oxygen atoms in total. The van der Waals surface area contributed by atoms with Crippen LogP contribution in [-0.4, -0.2) is 82.7 Å². The van der Waals surface area contributed by atoms with E-state index < -0.39 is 23.9 Å². The van der Waals surface area contributed by atoms with Crippen molar-refractivity contribution in [1.82, 2.24) is 30.4 Å². The van der Waals surface area contributed by atoms with Crippen LogP contribution in [0.2, 0.25) is 5.02 Å². The molecule has 0 radical (unpaired) electrons. The number of nitrogens with one attached hydrogen (secondary N) is 3. The van der Waals surface area contributed by atoms with E-state index >= 15 is 0 Å². The van der Waals surface area contributed by atoms with Gasteiger partial charge in [0.05, 0.1) is 16.8 Å². The molecule has 1 aliphatic heterocycles. The maximum atomic E-state index is 13.2. The van der Waals surface area contributed by atoms with E-state index in [0.717, 1.165) is 30.1 Å². The Bertz CT molecular complexity index is 1210. The van der Waals surface area contributed by atoms with E-state index in [1.165, 1.54) is 23.6 Å². The van der Waals surface area contributed by atoms with Crippen molar-refractivity contribution in [3.8, 4) is 0 Å². The molecule has 2 aromatic rings. The van der Waals surface area contributed by atoms with Crippen molar-refractivity contribution in [3.05, 3.63) is 38.9 Å². The number of anilines is 1. The number of carbonyl (C=O) groups excluding carboxylic acids is 4. The molecule has 1 fully saturated rings. The summed E-state index contributed by atoms with van der Waals surface area (Å²) in [5, 5.41) is 8.95. The predicted molar refractivity (Wildman–Crippen MR) is 151 cm³/mol. The second-order valence-corrected chi connectivity index (χ2v) is 11.2. The summed E-state index contributed by atoms with van der Waals surface area (Å²) in [5.41, 5.74) is 0.942. The molecule has 3 atom stereocenters. The molecule has 39 heavy (non-hydrogen) atoms. The topological polar surface area (TPSA) is 137 Å². The maximum absolute atomic E-state index is 13.2. The number of amides is 4. The zero-order valence-electron chi connectivity index (χ0n) is 22.0. The molecule has 0 bridgehead atoms. The van der Waals surface area contributed by atoms with E-state index in [-0.39, 0.29) is 36.0 Å². The average Bonchev–Trinajstić information content (AvgIpc) is 3.33. The Kier molecular flexibility index (Phi) is 10.6. The van der Waals surface area contributed by atoms with E-state index in [4.69, 9.17) is 11.6 Å². The Labute approximate surface area is 242 Å². The fourth-order valence-corrected chi connectivity index (χ4v) is 5.90. The lowest BCUT2D eigenvalue weighted by atomic mass is 9.81. The smallest absolute Gasteiger partial charge is 0.314 e. The third-order valence-electron chi connectivity index (χ3n) is 6.97. The molecular formula is C25H33Cl2N7O4S. The minimum absolute atomic E-state index is 0. The summed E-state index contributed by atoms with van der Waals surface area (Å²) in [6.07, 6.45) is 3.44. The molecule has 212 valence electrons. The van der Waals surface area contributed by atoms with Gasteiger partial charge in [0.1, 0.15) is 5.82 Å². The van der Waals surface area contributed by atoms with Gasteiger partial charge in [-0.1, -0.05) is 11.6 Å². The molecule has 2 aromatic heterocycles. The van der Waals surface area contributed by atoms with Gasteiger partial charge in [-0.05, 0) is 45.4 Å². The third kappa shape index (κ3) is 7.65. The minimum atomic E-state index is -0.884. The molecule has 4 amide bonds. The lowest BCUT2D eigenvalue weighted by Gasteiger charge is -2.37. The molecule has 1 aliphatic carbocycles. The lowest BCUT2D eigenvalue weighted by Crippen LogP contribution is -2.57. The number of hydrogen-bond acceptors (Lipinski definition) is 8. The Morgan fingerprint density at radius 2 is 1.92 bits per heavy atom. The van der Waals surface area contributed by atoms with E-state index in [1.54, 1.807) is 18.0 Å². The van der Waals surface area contributed by atoms with Gasteiger partial charge in [-0.15, -0.1) is 23.7 Å². The number of hydrogen-bond donors (Lipinski definition) is 3. The van der Waals surface area contributed by atoms with Gasteiger partial charge < -0.3 is 25.8 Å². The van der Waals surface area contributed by atoms with Gasteiger partial charge in [0.25, 0.3) is 5.91 Å². The summed E-state index contributed by atoms with van der Waals surface area (Å²) in [7, 11) is 3.78. The molecule has 3 heterocycles. The first-order valence-electron chi connectivity index (χ1n) is 12.6. The zero-order valence-corrected chi connectivity index (χ0v) is 24.4. The van der Waals surface area contributed by atoms with Crippen molar-refractivity contribution >= 4 is 64.8 Å². The van der Waals surface area contributed by atoms with Crippen molar-refractivity contribution in [1.29, 1.82) is 0 Å². The molecular weight excluding hydrogens is 565 g/mol. The lowest BCUT2D eigenvalue weighted by molar-refractivity contribution is -0.137. The van der Waals surface area contributed by atoms with Crippen LogP contribution in [0.15, 0.2) is 18.3 Å². The van der Waals surface area contributed by atoms with Crippen LogP contribution in [0.25, 0.3) is 0 Å².